The van der Waals surface area contributed by atoms with Gasteiger partial charge in [-0.25, -0.2) is 0 Å². The van der Waals surface area contributed by atoms with Gasteiger partial charge in [0.05, 0.1) is 37.2 Å². The number of rotatable bonds is 7. The van der Waals surface area contributed by atoms with Gasteiger partial charge in [0.2, 0.25) is 11.7 Å². The second-order valence-electron chi connectivity index (χ2n) is 8.68. The maximum Gasteiger partial charge on any atom is 0.262 e. The van der Waals surface area contributed by atoms with Crippen LogP contribution in [0.2, 0.25) is 0 Å². The molecule has 10 heteroatoms. The quantitative estimate of drug-likeness (QED) is 0.437. The lowest BCUT2D eigenvalue weighted by Crippen LogP contribution is -2.36. The zero-order valence-corrected chi connectivity index (χ0v) is 20.0. The first-order valence-corrected chi connectivity index (χ1v) is 11.8. The SMILES string of the molecule is CCn1c(=O)c2ccccc2n2c(CN(C)CC(=O)Nc3ccc(N4CCOCC4)cc3)nnc12. The minimum Gasteiger partial charge on any atom is -0.378 e. The molecule has 0 atom stereocenters. The summed E-state index contributed by atoms with van der Waals surface area (Å²) in [6.45, 7) is 6.20. The van der Waals surface area contributed by atoms with Gasteiger partial charge in [0.25, 0.3) is 5.56 Å². The first-order valence-electron chi connectivity index (χ1n) is 11.8. The third-order valence-corrected chi connectivity index (χ3v) is 6.24. The van der Waals surface area contributed by atoms with Crippen molar-refractivity contribution in [3.63, 3.8) is 0 Å². The van der Waals surface area contributed by atoms with Gasteiger partial charge in [-0.05, 0) is 50.4 Å². The summed E-state index contributed by atoms with van der Waals surface area (Å²) < 4.78 is 8.92. The Bertz CT molecular complexity index is 1400. The van der Waals surface area contributed by atoms with Crippen molar-refractivity contribution >= 4 is 34.0 Å². The lowest BCUT2D eigenvalue weighted by atomic mass is 10.2. The van der Waals surface area contributed by atoms with Crippen LogP contribution < -0.4 is 15.8 Å². The summed E-state index contributed by atoms with van der Waals surface area (Å²) in [6.07, 6.45) is 0. The number of amides is 1. The van der Waals surface area contributed by atoms with Crippen molar-refractivity contribution in [2.45, 2.75) is 20.0 Å². The molecule has 4 aromatic rings. The minimum absolute atomic E-state index is 0.0816. The fourth-order valence-corrected chi connectivity index (χ4v) is 4.52. The number of hydrogen-bond donors (Lipinski definition) is 1. The molecule has 2 aromatic heterocycles. The monoisotopic (exact) mass is 475 g/mol. The van der Waals surface area contributed by atoms with Crippen molar-refractivity contribution in [1.29, 1.82) is 0 Å². The van der Waals surface area contributed by atoms with Crippen LogP contribution in [-0.4, -0.2) is 69.9 Å². The second-order valence-corrected chi connectivity index (χ2v) is 8.68. The molecule has 1 amide bonds. The predicted molar refractivity (Wildman–Crippen MR) is 135 cm³/mol. The molecule has 5 rings (SSSR count). The Hall–Kier alpha value is -3.76. The topological polar surface area (TPSA) is 97.0 Å². The number of morpholine rings is 1. The van der Waals surface area contributed by atoms with Crippen LogP contribution in [0.25, 0.3) is 16.7 Å². The van der Waals surface area contributed by atoms with E-state index in [-0.39, 0.29) is 18.0 Å². The Balaban J connectivity index is 1.28. The lowest BCUT2D eigenvalue weighted by molar-refractivity contribution is -0.117. The number of hydrogen-bond acceptors (Lipinski definition) is 7. The molecule has 10 nitrogen and oxygen atoms in total. The van der Waals surface area contributed by atoms with Crippen molar-refractivity contribution in [3.8, 4) is 0 Å². The fraction of sp³-hybridized carbons (Fsp3) is 0.360. The molecule has 1 aliphatic rings. The highest BCUT2D eigenvalue weighted by Gasteiger charge is 2.18. The Morgan fingerprint density at radius 1 is 1.09 bits per heavy atom. The molecule has 3 heterocycles. The van der Waals surface area contributed by atoms with E-state index in [9.17, 15) is 9.59 Å². The van der Waals surface area contributed by atoms with Gasteiger partial charge >= 0.3 is 0 Å². The molecule has 0 aliphatic carbocycles. The van der Waals surface area contributed by atoms with Crippen molar-refractivity contribution in [3.05, 3.63) is 64.7 Å². The normalized spacial score (nSPS) is 14.2. The predicted octanol–water partition coefficient (Wildman–Crippen LogP) is 1.97. The number of anilines is 2. The van der Waals surface area contributed by atoms with E-state index in [1.807, 2.05) is 71.8 Å². The van der Waals surface area contributed by atoms with E-state index in [1.165, 1.54) is 0 Å². The first kappa shape index (κ1) is 23.0. The Labute approximate surface area is 202 Å². The van der Waals surface area contributed by atoms with Gasteiger partial charge in [0.15, 0.2) is 5.82 Å². The molecule has 1 fully saturated rings. The smallest absolute Gasteiger partial charge is 0.262 e. The molecule has 0 unspecified atom stereocenters. The number of carbonyl (C=O) groups excluding carboxylic acids is 1. The van der Waals surface area contributed by atoms with E-state index in [0.29, 0.717) is 30.1 Å². The summed E-state index contributed by atoms with van der Waals surface area (Å²) in [7, 11) is 1.86. The molecular formula is C25H29N7O3. The number of nitrogens with zero attached hydrogens (tertiary/aromatic N) is 6. The Kier molecular flexibility index (Phi) is 6.47. The van der Waals surface area contributed by atoms with Gasteiger partial charge in [0.1, 0.15) is 0 Å². The molecular weight excluding hydrogens is 446 g/mol. The van der Waals surface area contributed by atoms with Crippen molar-refractivity contribution < 1.29 is 9.53 Å². The van der Waals surface area contributed by atoms with Gasteiger partial charge in [-0.15, -0.1) is 10.2 Å². The summed E-state index contributed by atoms with van der Waals surface area (Å²) in [4.78, 5) is 29.7. The first-order chi connectivity index (χ1) is 17.0. The molecule has 1 saturated heterocycles. The van der Waals surface area contributed by atoms with Crippen LogP contribution in [0.4, 0.5) is 11.4 Å². The summed E-state index contributed by atoms with van der Waals surface area (Å²) in [5.74, 6) is 1.06. The molecule has 0 saturated carbocycles. The number of carbonyl (C=O) groups is 1. The average molecular weight is 476 g/mol. The Morgan fingerprint density at radius 2 is 1.83 bits per heavy atom. The van der Waals surface area contributed by atoms with E-state index >= 15 is 0 Å². The highest BCUT2D eigenvalue weighted by atomic mass is 16.5. The number of ether oxygens (including phenoxy) is 1. The standard InChI is InChI=1S/C25H29N7O3/c1-3-31-24(34)20-6-4-5-7-21(20)32-22(27-28-25(31)32)16-29(2)17-23(33)26-18-8-10-19(11-9-18)30-12-14-35-15-13-30/h4-11H,3,12-17H2,1-2H3,(H,26,33). The summed E-state index contributed by atoms with van der Waals surface area (Å²) in [5.41, 5.74) is 2.56. The number of para-hydroxylation sites is 1. The zero-order valence-electron chi connectivity index (χ0n) is 20.0. The van der Waals surface area contributed by atoms with Gasteiger partial charge in [-0.1, -0.05) is 12.1 Å². The van der Waals surface area contributed by atoms with Crippen molar-refractivity contribution in [2.24, 2.45) is 0 Å². The van der Waals surface area contributed by atoms with Crippen LogP contribution in [0, 0.1) is 0 Å². The second kappa shape index (κ2) is 9.85. The number of likely N-dealkylation sites (N-methyl/N-ethyl adjacent to an activating group) is 1. The number of fused-ring (bicyclic) bond motifs is 3. The molecule has 1 aliphatic heterocycles. The summed E-state index contributed by atoms with van der Waals surface area (Å²) in [6, 6.07) is 15.3. The van der Waals surface area contributed by atoms with Gasteiger partial charge < -0.3 is 15.0 Å². The molecule has 1 N–H and O–H groups in total. The molecule has 0 spiro atoms. The highest BCUT2D eigenvalue weighted by Crippen LogP contribution is 2.19. The van der Waals surface area contributed by atoms with Gasteiger partial charge in [-0.2, -0.15) is 0 Å². The third-order valence-electron chi connectivity index (χ3n) is 6.24. The maximum atomic E-state index is 12.8. The van der Waals surface area contributed by atoms with Crippen molar-refractivity contribution in [1.82, 2.24) is 24.1 Å². The zero-order chi connectivity index (χ0) is 24.4. The van der Waals surface area contributed by atoms with Gasteiger partial charge in [-0.3, -0.25) is 23.5 Å². The van der Waals surface area contributed by atoms with Gasteiger partial charge in [0, 0.05) is 31.0 Å². The molecule has 182 valence electrons. The number of aryl methyl sites for hydroxylation is 1. The van der Waals surface area contributed by atoms with Crippen LogP contribution in [0.3, 0.4) is 0 Å². The van der Waals surface area contributed by atoms with E-state index in [1.54, 1.807) is 4.57 Å². The highest BCUT2D eigenvalue weighted by molar-refractivity contribution is 5.92. The minimum atomic E-state index is -0.115. The van der Waals surface area contributed by atoms with Crippen LogP contribution in [0.1, 0.15) is 12.7 Å². The third kappa shape index (κ3) is 4.62. The lowest BCUT2D eigenvalue weighted by Gasteiger charge is -2.28. The van der Waals surface area contributed by atoms with Crippen molar-refractivity contribution in [2.75, 3.05) is 50.1 Å². The fourth-order valence-electron chi connectivity index (χ4n) is 4.52. The average Bonchev–Trinajstić information content (AvgIpc) is 3.28. The largest absolute Gasteiger partial charge is 0.378 e. The molecule has 0 bridgehead atoms. The van der Waals surface area contributed by atoms with E-state index in [0.717, 1.165) is 43.2 Å². The van der Waals surface area contributed by atoms with E-state index in [2.05, 4.69) is 20.4 Å². The van der Waals surface area contributed by atoms with E-state index < -0.39 is 0 Å². The number of nitrogens with one attached hydrogen (secondary N) is 1. The number of benzene rings is 2. The van der Waals surface area contributed by atoms with Crippen LogP contribution >= 0.6 is 0 Å². The van der Waals surface area contributed by atoms with Crippen LogP contribution in [0.5, 0.6) is 0 Å². The molecule has 35 heavy (non-hydrogen) atoms. The Morgan fingerprint density at radius 3 is 2.57 bits per heavy atom. The van der Waals surface area contributed by atoms with Crippen LogP contribution in [0.15, 0.2) is 53.3 Å². The maximum absolute atomic E-state index is 12.8. The summed E-state index contributed by atoms with van der Waals surface area (Å²) in [5, 5.41) is 12.2. The molecule has 2 aromatic carbocycles. The summed E-state index contributed by atoms with van der Waals surface area (Å²) >= 11 is 0. The molecule has 0 radical (unpaired) electrons. The van der Waals surface area contributed by atoms with Crippen LogP contribution in [-0.2, 0) is 22.6 Å². The number of aromatic nitrogens is 4. The van der Waals surface area contributed by atoms with E-state index in [4.69, 9.17) is 4.74 Å².